The summed E-state index contributed by atoms with van der Waals surface area (Å²) in [6.45, 7) is 3.60. The second kappa shape index (κ2) is 8.85. The van der Waals surface area contributed by atoms with E-state index in [0.29, 0.717) is 14.3 Å². The molecule has 160 valence electrons. The number of halogens is 1. The molecule has 0 radical (unpaired) electrons. The van der Waals surface area contributed by atoms with Gasteiger partial charge in [-0.2, -0.15) is 0 Å². The first-order valence-electron chi connectivity index (χ1n) is 9.22. The molecular weight excluding hydrogens is 454 g/mol. The maximum atomic E-state index is 13.6. The molecule has 0 aliphatic carbocycles. The van der Waals surface area contributed by atoms with Crippen LogP contribution < -0.4 is 0 Å². The smallest absolute Gasteiger partial charge is 0.206 e. The molecule has 0 aromatic heterocycles. The molecule has 1 atom stereocenters. The van der Waals surface area contributed by atoms with E-state index in [4.69, 9.17) is 18.0 Å². The second-order valence-electron chi connectivity index (χ2n) is 6.98. The van der Waals surface area contributed by atoms with Gasteiger partial charge in [-0.15, -0.1) is 6.42 Å². The average molecular weight is 474 g/mol. The number of hydrogen-bond donors (Lipinski definition) is 0. The largest absolute Gasteiger partial charge is 0.257 e. The second-order valence-corrected chi connectivity index (χ2v) is 11.3. The SMILES string of the molecule is C#C[C@H](c1ccc(Cl)cc1)N(S(=O)(=O)c1ccc(C)cc1)S(=O)(=O)c1ccc(C)cc1. The van der Waals surface area contributed by atoms with E-state index in [1.165, 1.54) is 48.5 Å². The van der Waals surface area contributed by atoms with Gasteiger partial charge in [0.25, 0.3) is 20.0 Å². The zero-order valence-electron chi connectivity index (χ0n) is 16.9. The minimum absolute atomic E-state index is 0.178. The molecule has 0 aliphatic rings. The minimum Gasteiger partial charge on any atom is -0.206 e. The third-order valence-electron chi connectivity index (χ3n) is 4.67. The van der Waals surface area contributed by atoms with Crippen molar-refractivity contribution in [1.29, 1.82) is 0 Å². The molecule has 0 saturated carbocycles. The minimum atomic E-state index is -4.53. The lowest BCUT2D eigenvalue weighted by molar-refractivity contribution is 0.474. The number of rotatable bonds is 6. The molecule has 8 heteroatoms. The standard InChI is InChI=1S/C23H20ClNO4S2/c1-4-23(19-9-11-20(24)12-10-19)25(30(26,27)21-13-5-17(2)6-14-21)31(28,29)22-15-7-18(3)8-16-22/h1,5-16,23H,2-3H3/t23-/m1/s1. The van der Waals surface area contributed by atoms with E-state index in [2.05, 4.69) is 5.92 Å². The summed E-state index contributed by atoms with van der Waals surface area (Å²) in [6.07, 6.45) is 5.69. The molecule has 0 unspecified atom stereocenters. The monoisotopic (exact) mass is 473 g/mol. The van der Waals surface area contributed by atoms with Gasteiger partial charge in [-0.3, -0.25) is 0 Å². The number of terminal acetylenes is 1. The Morgan fingerprint density at radius 1 is 0.742 bits per heavy atom. The summed E-state index contributed by atoms with van der Waals surface area (Å²) in [5, 5.41) is 0.411. The highest BCUT2D eigenvalue weighted by molar-refractivity contribution is 8.04. The van der Waals surface area contributed by atoms with Crippen LogP contribution in [-0.2, 0) is 20.0 Å². The van der Waals surface area contributed by atoms with E-state index in [-0.39, 0.29) is 9.79 Å². The third kappa shape index (κ3) is 4.68. The Bertz CT molecular complexity index is 1250. The third-order valence-corrected chi connectivity index (χ3v) is 9.20. The van der Waals surface area contributed by atoms with Gasteiger partial charge in [0, 0.05) is 5.02 Å². The predicted octanol–water partition coefficient (Wildman–Crippen LogP) is 4.71. The average Bonchev–Trinajstić information content (AvgIpc) is 2.73. The lowest BCUT2D eigenvalue weighted by Gasteiger charge is -2.27. The van der Waals surface area contributed by atoms with Crippen molar-refractivity contribution in [3.63, 3.8) is 0 Å². The van der Waals surface area contributed by atoms with Crippen LogP contribution in [0.25, 0.3) is 0 Å². The Labute approximate surface area is 188 Å². The van der Waals surface area contributed by atoms with E-state index in [1.54, 1.807) is 38.1 Å². The van der Waals surface area contributed by atoms with Crippen molar-refractivity contribution in [1.82, 2.24) is 3.71 Å². The van der Waals surface area contributed by atoms with Crippen LogP contribution in [0.3, 0.4) is 0 Å². The van der Waals surface area contributed by atoms with Crippen LogP contribution in [0.1, 0.15) is 22.7 Å². The normalized spacial score (nSPS) is 13.0. The van der Waals surface area contributed by atoms with Gasteiger partial charge in [0.05, 0.1) is 9.79 Å². The molecule has 0 amide bonds. The van der Waals surface area contributed by atoms with Gasteiger partial charge in [-0.1, -0.05) is 68.8 Å². The highest BCUT2D eigenvalue weighted by atomic mass is 35.5. The zero-order chi connectivity index (χ0) is 22.8. The Balaban J connectivity index is 2.27. The van der Waals surface area contributed by atoms with Gasteiger partial charge >= 0.3 is 0 Å². The van der Waals surface area contributed by atoms with E-state index >= 15 is 0 Å². The quantitative estimate of drug-likeness (QED) is 0.486. The van der Waals surface area contributed by atoms with Crippen molar-refractivity contribution in [3.8, 4) is 12.3 Å². The molecule has 0 fully saturated rings. The molecule has 0 spiro atoms. The first kappa shape index (κ1) is 23.0. The van der Waals surface area contributed by atoms with E-state index in [0.717, 1.165) is 11.1 Å². The van der Waals surface area contributed by atoms with Crippen LogP contribution in [0.4, 0.5) is 0 Å². The molecule has 3 aromatic rings. The van der Waals surface area contributed by atoms with Gasteiger partial charge in [-0.05, 0) is 55.8 Å². The Morgan fingerprint density at radius 2 is 1.13 bits per heavy atom. The van der Waals surface area contributed by atoms with Crippen LogP contribution in [-0.4, -0.2) is 20.5 Å². The highest BCUT2D eigenvalue weighted by Crippen LogP contribution is 2.34. The van der Waals surface area contributed by atoms with Crippen LogP contribution in [0.2, 0.25) is 5.02 Å². The van der Waals surface area contributed by atoms with Crippen LogP contribution in [0.15, 0.2) is 82.6 Å². The Morgan fingerprint density at radius 3 is 1.48 bits per heavy atom. The number of benzene rings is 3. The summed E-state index contributed by atoms with van der Waals surface area (Å²) >= 11 is 5.94. The van der Waals surface area contributed by atoms with E-state index < -0.39 is 26.1 Å². The van der Waals surface area contributed by atoms with E-state index in [1.807, 2.05) is 0 Å². The van der Waals surface area contributed by atoms with Crippen molar-refractivity contribution < 1.29 is 16.8 Å². The van der Waals surface area contributed by atoms with Gasteiger partial charge in [-0.25, -0.2) is 16.8 Å². The fourth-order valence-electron chi connectivity index (χ4n) is 2.96. The molecule has 5 nitrogen and oxygen atoms in total. The molecule has 0 bridgehead atoms. The Hall–Kier alpha value is -2.63. The van der Waals surface area contributed by atoms with Gasteiger partial charge < -0.3 is 0 Å². The van der Waals surface area contributed by atoms with Crippen LogP contribution in [0.5, 0.6) is 0 Å². The lowest BCUT2D eigenvalue weighted by Crippen LogP contribution is -2.39. The molecular formula is C23H20ClNO4S2. The summed E-state index contributed by atoms with van der Waals surface area (Å²) in [5.74, 6) is 2.34. The van der Waals surface area contributed by atoms with Crippen molar-refractivity contribution >= 4 is 31.6 Å². The fourth-order valence-corrected chi connectivity index (χ4v) is 6.93. The maximum absolute atomic E-state index is 13.6. The van der Waals surface area contributed by atoms with Gasteiger partial charge in [0.1, 0.15) is 6.04 Å². The van der Waals surface area contributed by atoms with Crippen molar-refractivity contribution in [3.05, 3.63) is 94.5 Å². The number of sulfonamides is 2. The summed E-state index contributed by atoms with van der Waals surface area (Å²) in [6, 6.07) is 16.5. The van der Waals surface area contributed by atoms with Crippen molar-refractivity contribution in [2.45, 2.75) is 29.7 Å². The molecule has 0 saturated heterocycles. The Kier molecular flexibility index (Phi) is 6.58. The van der Waals surface area contributed by atoms with Gasteiger partial charge in [0.2, 0.25) is 0 Å². The molecule has 3 aromatic carbocycles. The summed E-state index contributed by atoms with van der Waals surface area (Å²) in [7, 11) is -9.07. The fraction of sp³-hybridized carbons (Fsp3) is 0.130. The maximum Gasteiger partial charge on any atom is 0.257 e. The van der Waals surface area contributed by atoms with Crippen molar-refractivity contribution in [2.75, 3.05) is 0 Å². The number of aryl methyl sites for hydroxylation is 2. The molecule has 31 heavy (non-hydrogen) atoms. The van der Waals surface area contributed by atoms with Crippen LogP contribution in [0, 0.1) is 26.2 Å². The zero-order valence-corrected chi connectivity index (χ0v) is 19.2. The first-order chi connectivity index (χ1) is 14.6. The molecule has 0 aliphatic heterocycles. The molecule has 0 N–H and O–H groups in total. The summed E-state index contributed by atoms with van der Waals surface area (Å²) in [4.78, 5) is -0.356. The van der Waals surface area contributed by atoms with Gasteiger partial charge in [0.15, 0.2) is 0 Å². The highest BCUT2D eigenvalue weighted by Gasteiger charge is 2.42. The molecule has 3 rings (SSSR count). The summed E-state index contributed by atoms with van der Waals surface area (Å²) in [5.41, 5.74) is 1.97. The summed E-state index contributed by atoms with van der Waals surface area (Å²) < 4.78 is 54.8. The van der Waals surface area contributed by atoms with E-state index in [9.17, 15) is 16.8 Å². The number of nitrogens with zero attached hydrogens (tertiary/aromatic N) is 1. The predicted molar refractivity (Wildman–Crippen MR) is 122 cm³/mol. The number of hydrogen-bond acceptors (Lipinski definition) is 4. The molecule has 0 heterocycles. The van der Waals surface area contributed by atoms with Crippen LogP contribution >= 0.6 is 11.6 Å². The van der Waals surface area contributed by atoms with Crippen molar-refractivity contribution in [2.24, 2.45) is 0 Å². The first-order valence-corrected chi connectivity index (χ1v) is 12.5. The topological polar surface area (TPSA) is 71.5 Å². The lowest BCUT2D eigenvalue weighted by atomic mass is 10.1.